The molecule has 4 nitrogen and oxygen atoms in total. The molecular formula is C10H10N2O2. The summed E-state index contributed by atoms with van der Waals surface area (Å²) in [6.45, 7) is 2.48. The van der Waals surface area contributed by atoms with Gasteiger partial charge >= 0.3 is 6.03 Å². The first-order chi connectivity index (χ1) is 6.72. The second-order valence-electron chi connectivity index (χ2n) is 3.18. The first kappa shape index (κ1) is 8.87. The van der Waals surface area contributed by atoms with E-state index in [0.29, 0.717) is 6.54 Å². The molecule has 1 heterocycles. The molecule has 0 saturated carbocycles. The summed E-state index contributed by atoms with van der Waals surface area (Å²) < 4.78 is 0. The average molecular weight is 190 g/mol. The van der Waals surface area contributed by atoms with Crippen LogP contribution in [-0.4, -0.2) is 35.5 Å². The molecule has 72 valence electrons. The molecule has 14 heavy (non-hydrogen) atoms. The first-order valence-corrected chi connectivity index (χ1v) is 4.51. The Balaban J connectivity index is 2.39. The average Bonchev–Trinajstić information content (AvgIpc) is 2.18. The summed E-state index contributed by atoms with van der Waals surface area (Å²) in [5.41, 5.74) is 0.791. The number of amides is 2. The van der Waals surface area contributed by atoms with Crippen LogP contribution in [-0.2, 0) is 4.79 Å². The van der Waals surface area contributed by atoms with E-state index in [1.165, 1.54) is 18.4 Å². The van der Waals surface area contributed by atoms with Gasteiger partial charge in [0.2, 0.25) is 0 Å². The quantitative estimate of drug-likeness (QED) is 0.618. The number of allylic oxidation sites excluding steroid dienone is 2. The Morgan fingerprint density at radius 3 is 3.00 bits per heavy atom. The van der Waals surface area contributed by atoms with Crippen LogP contribution in [0.5, 0.6) is 0 Å². The van der Waals surface area contributed by atoms with Gasteiger partial charge in [-0.25, -0.2) is 9.79 Å². The Kier molecular flexibility index (Phi) is 2.04. The third kappa shape index (κ3) is 1.28. The normalized spacial score (nSPS) is 25.1. The maximum Gasteiger partial charge on any atom is 0.344 e. The Morgan fingerprint density at radius 1 is 1.50 bits per heavy atom. The van der Waals surface area contributed by atoms with Crippen LogP contribution < -0.4 is 0 Å². The molecule has 0 aromatic rings. The lowest BCUT2D eigenvalue weighted by atomic mass is 9.98. The monoisotopic (exact) mass is 190 g/mol. The largest absolute Gasteiger partial charge is 0.344 e. The summed E-state index contributed by atoms with van der Waals surface area (Å²) in [5.74, 6) is -0.0481. The summed E-state index contributed by atoms with van der Waals surface area (Å²) in [6, 6.07) is -0.351. The van der Waals surface area contributed by atoms with Gasteiger partial charge in [0, 0.05) is 18.3 Å². The summed E-state index contributed by atoms with van der Waals surface area (Å²) in [6.07, 6.45) is 6.22. The SMILES string of the molecule is CCN1C(=O)N=CC2=CC(=O)C=CC21. The number of nitrogens with zero attached hydrogens (tertiary/aromatic N) is 2. The van der Waals surface area contributed by atoms with E-state index in [-0.39, 0.29) is 17.9 Å². The van der Waals surface area contributed by atoms with Gasteiger partial charge in [-0.3, -0.25) is 4.79 Å². The van der Waals surface area contributed by atoms with E-state index in [1.54, 1.807) is 11.0 Å². The van der Waals surface area contributed by atoms with E-state index < -0.39 is 0 Å². The van der Waals surface area contributed by atoms with Gasteiger partial charge in [0.05, 0.1) is 6.04 Å². The third-order valence-electron chi connectivity index (χ3n) is 2.34. The van der Waals surface area contributed by atoms with Gasteiger partial charge in [0.1, 0.15) is 0 Å². The lowest BCUT2D eigenvalue weighted by Gasteiger charge is -2.31. The molecule has 2 amide bonds. The van der Waals surface area contributed by atoms with Crippen molar-refractivity contribution in [1.29, 1.82) is 0 Å². The van der Waals surface area contributed by atoms with Crippen molar-refractivity contribution in [2.24, 2.45) is 4.99 Å². The lowest BCUT2D eigenvalue weighted by molar-refractivity contribution is -0.110. The molecule has 0 aromatic carbocycles. The van der Waals surface area contributed by atoms with Crippen molar-refractivity contribution >= 4 is 18.0 Å². The number of carbonyl (C=O) groups is 2. The van der Waals surface area contributed by atoms with E-state index in [1.807, 2.05) is 6.92 Å². The minimum atomic E-state index is -0.242. The molecule has 1 unspecified atom stereocenters. The third-order valence-corrected chi connectivity index (χ3v) is 2.34. The number of likely N-dealkylation sites (N-methyl/N-ethyl adjacent to an activating group) is 1. The topological polar surface area (TPSA) is 49.7 Å². The molecule has 2 rings (SSSR count). The number of rotatable bonds is 1. The highest BCUT2D eigenvalue weighted by Crippen LogP contribution is 2.19. The number of ketones is 1. The predicted octanol–water partition coefficient (Wildman–Crippen LogP) is 0.947. The number of fused-ring (bicyclic) bond motifs is 1. The van der Waals surface area contributed by atoms with Gasteiger partial charge in [0.25, 0.3) is 0 Å². The highest BCUT2D eigenvalue weighted by atomic mass is 16.2. The van der Waals surface area contributed by atoms with Crippen LogP contribution in [0.15, 0.2) is 28.8 Å². The van der Waals surface area contributed by atoms with Crippen LogP contribution in [0.1, 0.15) is 6.92 Å². The second-order valence-corrected chi connectivity index (χ2v) is 3.18. The zero-order valence-corrected chi connectivity index (χ0v) is 7.80. The lowest BCUT2D eigenvalue weighted by Crippen LogP contribution is -2.43. The van der Waals surface area contributed by atoms with Gasteiger partial charge in [-0.15, -0.1) is 0 Å². The van der Waals surface area contributed by atoms with Gasteiger partial charge in [0.15, 0.2) is 5.78 Å². The van der Waals surface area contributed by atoms with Crippen LogP contribution in [0.4, 0.5) is 4.79 Å². The summed E-state index contributed by atoms with van der Waals surface area (Å²) in [7, 11) is 0. The minimum Gasteiger partial charge on any atom is -0.313 e. The highest BCUT2D eigenvalue weighted by Gasteiger charge is 2.28. The molecule has 2 aliphatic rings. The van der Waals surface area contributed by atoms with Crippen LogP contribution >= 0.6 is 0 Å². The maximum absolute atomic E-state index is 11.3. The van der Waals surface area contributed by atoms with Crippen molar-refractivity contribution < 1.29 is 9.59 Å². The van der Waals surface area contributed by atoms with Crippen LogP contribution in [0.25, 0.3) is 0 Å². The fraction of sp³-hybridized carbons (Fsp3) is 0.300. The number of hydrogen-bond acceptors (Lipinski definition) is 2. The summed E-state index contributed by atoms with van der Waals surface area (Å²) in [5, 5.41) is 0. The van der Waals surface area contributed by atoms with E-state index in [4.69, 9.17) is 0 Å². The number of aliphatic imine (C=N–C) groups is 1. The number of urea groups is 1. The minimum absolute atomic E-state index is 0.0481. The van der Waals surface area contributed by atoms with Crippen molar-refractivity contribution in [3.63, 3.8) is 0 Å². The van der Waals surface area contributed by atoms with Crippen LogP contribution in [0.2, 0.25) is 0 Å². The second kappa shape index (κ2) is 3.21. The highest BCUT2D eigenvalue weighted by molar-refractivity contribution is 6.08. The standard InChI is InChI=1S/C10H10N2O2/c1-2-12-9-4-3-8(13)5-7(9)6-11-10(12)14/h3-6,9H,2H2,1H3. The fourth-order valence-corrected chi connectivity index (χ4v) is 1.65. The van der Waals surface area contributed by atoms with Crippen molar-refractivity contribution in [3.8, 4) is 0 Å². The van der Waals surface area contributed by atoms with E-state index in [2.05, 4.69) is 4.99 Å². The van der Waals surface area contributed by atoms with Crippen molar-refractivity contribution in [3.05, 3.63) is 23.8 Å². The van der Waals surface area contributed by atoms with Gasteiger partial charge in [-0.2, -0.15) is 0 Å². The van der Waals surface area contributed by atoms with Crippen LogP contribution in [0, 0.1) is 0 Å². The molecular weight excluding hydrogens is 180 g/mol. The van der Waals surface area contributed by atoms with Gasteiger partial charge in [-0.1, -0.05) is 6.08 Å². The van der Waals surface area contributed by atoms with Crippen molar-refractivity contribution in [2.45, 2.75) is 13.0 Å². The molecule has 0 N–H and O–H groups in total. The van der Waals surface area contributed by atoms with Crippen molar-refractivity contribution in [2.75, 3.05) is 6.54 Å². The molecule has 1 aliphatic carbocycles. The van der Waals surface area contributed by atoms with E-state index in [9.17, 15) is 9.59 Å². The molecule has 4 heteroatoms. The number of hydrogen-bond donors (Lipinski definition) is 0. The Labute approximate surface area is 81.6 Å². The Bertz CT molecular complexity index is 380. The molecule has 1 atom stereocenters. The molecule has 0 spiro atoms. The Hall–Kier alpha value is -1.71. The molecule has 0 saturated heterocycles. The fourth-order valence-electron chi connectivity index (χ4n) is 1.65. The van der Waals surface area contributed by atoms with E-state index >= 15 is 0 Å². The zero-order valence-electron chi connectivity index (χ0n) is 7.80. The molecule has 0 fully saturated rings. The predicted molar refractivity (Wildman–Crippen MR) is 52.3 cm³/mol. The van der Waals surface area contributed by atoms with Crippen LogP contribution in [0.3, 0.4) is 0 Å². The van der Waals surface area contributed by atoms with Gasteiger partial charge in [-0.05, 0) is 19.1 Å². The summed E-state index contributed by atoms with van der Waals surface area (Å²) in [4.78, 5) is 27.7. The van der Waals surface area contributed by atoms with Crippen molar-refractivity contribution in [1.82, 2.24) is 4.90 Å². The molecule has 1 aliphatic heterocycles. The first-order valence-electron chi connectivity index (χ1n) is 4.51. The number of carbonyl (C=O) groups excluding carboxylic acids is 2. The van der Waals surface area contributed by atoms with E-state index in [0.717, 1.165) is 5.57 Å². The molecule has 0 aromatic heterocycles. The zero-order chi connectivity index (χ0) is 10.1. The maximum atomic E-state index is 11.3. The summed E-state index contributed by atoms with van der Waals surface area (Å²) >= 11 is 0. The smallest absolute Gasteiger partial charge is 0.313 e. The van der Waals surface area contributed by atoms with Gasteiger partial charge < -0.3 is 4.90 Å². The molecule has 0 bridgehead atoms. The Morgan fingerprint density at radius 2 is 2.29 bits per heavy atom. The molecule has 0 radical (unpaired) electrons.